The summed E-state index contributed by atoms with van der Waals surface area (Å²) in [6.45, 7) is 6.07. The number of aryl methyl sites for hydroxylation is 2. The van der Waals surface area contributed by atoms with Crippen molar-refractivity contribution < 1.29 is 9.53 Å². The number of esters is 1. The zero-order chi connectivity index (χ0) is 17.1. The molecule has 0 aliphatic carbocycles. The quantitative estimate of drug-likeness (QED) is 0.690. The first-order valence-corrected chi connectivity index (χ1v) is 7.77. The van der Waals surface area contributed by atoms with Crippen molar-refractivity contribution in [1.82, 2.24) is 15.0 Å². The lowest BCUT2D eigenvalue weighted by atomic mass is 10.1. The topological polar surface area (TPSA) is 57.0 Å². The van der Waals surface area contributed by atoms with Crippen LogP contribution in [0.5, 0.6) is 0 Å². The van der Waals surface area contributed by atoms with Crippen molar-refractivity contribution in [3.8, 4) is 5.69 Å². The molecule has 0 saturated carbocycles. The Kier molecular flexibility index (Phi) is 4.42. The van der Waals surface area contributed by atoms with E-state index in [4.69, 9.17) is 4.74 Å². The van der Waals surface area contributed by atoms with Crippen molar-refractivity contribution in [1.29, 1.82) is 0 Å². The van der Waals surface area contributed by atoms with E-state index in [-0.39, 0.29) is 12.3 Å². The first-order valence-electron chi connectivity index (χ1n) is 7.77. The van der Waals surface area contributed by atoms with Gasteiger partial charge >= 0.3 is 5.97 Å². The van der Waals surface area contributed by atoms with Gasteiger partial charge in [-0.15, -0.1) is 5.10 Å². The lowest BCUT2D eigenvalue weighted by Crippen LogP contribution is -2.09. The van der Waals surface area contributed by atoms with E-state index in [1.54, 1.807) is 11.6 Å². The van der Waals surface area contributed by atoms with Gasteiger partial charge in [-0.05, 0) is 44.0 Å². The van der Waals surface area contributed by atoms with Crippen LogP contribution in [0, 0.1) is 20.8 Å². The molecule has 0 atom stereocenters. The number of hydrogen-bond acceptors (Lipinski definition) is 4. The zero-order valence-electron chi connectivity index (χ0n) is 14.0. The maximum absolute atomic E-state index is 12.3. The summed E-state index contributed by atoms with van der Waals surface area (Å²) < 4.78 is 7.04. The fourth-order valence-electron chi connectivity index (χ4n) is 2.55. The van der Waals surface area contributed by atoms with Gasteiger partial charge in [-0.25, -0.2) is 9.48 Å². The largest absolute Gasteiger partial charge is 0.456 e. The maximum Gasteiger partial charge on any atom is 0.361 e. The lowest BCUT2D eigenvalue weighted by Gasteiger charge is -2.08. The number of nitrogens with zero attached hydrogens (tertiary/aromatic N) is 3. The second-order valence-electron chi connectivity index (χ2n) is 5.78. The summed E-state index contributed by atoms with van der Waals surface area (Å²) in [7, 11) is 0. The van der Waals surface area contributed by atoms with E-state index in [9.17, 15) is 4.79 Å². The second-order valence-corrected chi connectivity index (χ2v) is 5.78. The Morgan fingerprint density at radius 3 is 2.54 bits per heavy atom. The van der Waals surface area contributed by atoms with E-state index < -0.39 is 5.97 Å². The van der Waals surface area contributed by atoms with Gasteiger partial charge in [0.15, 0.2) is 5.69 Å². The molecule has 2 aromatic carbocycles. The van der Waals surface area contributed by atoms with Gasteiger partial charge in [0.05, 0.1) is 11.4 Å². The third kappa shape index (κ3) is 3.20. The molecule has 0 aliphatic heterocycles. The fourth-order valence-corrected chi connectivity index (χ4v) is 2.55. The summed E-state index contributed by atoms with van der Waals surface area (Å²) in [5.74, 6) is -0.463. The third-order valence-electron chi connectivity index (χ3n) is 3.95. The van der Waals surface area contributed by atoms with Gasteiger partial charge in [0.2, 0.25) is 0 Å². The fraction of sp³-hybridized carbons (Fsp3) is 0.211. The molecule has 0 radical (unpaired) electrons. The molecule has 122 valence electrons. The molecule has 1 aromatic heterocycles. The number of aromatic nitrogens is 3. The normalized spacial score (nSPS) is 10.6. The minimum absolute atomic E-state index is 0.225. The average molecular weight is 321 g/mol. The van der Waals surface area contributed by atoms with E-state index in [1.165, 1.54) is 5.56 Å². The molecule has 0 aliphatic rings. The van der Waals surface area contributed by atoms with Crippen LogP contribution in [0.25, 0.3) is 5.69 Å². The van der Waals surface area contributed by atoms with Crippen molar-refractivity contribution in [3.63, 3.8) is 0 Å². The molecule has 24 heavy (non-hydrogen) atoms. The molecule has 3 aromatic rings. The molecule has 5 heteroatoms. The van der Waals surface area contributed by atoms with Crippen molar-refractivity contribution in [2.45, 2.75) is 27.4 Å². The molecule has 0 bridgehead atoms. The van der Waals surface area contributed by atoms with Crippen LogP contribution in [0.1, 0.15) is 32.9 Å². The van der Waals surface area contributed by atoms with Crippen molar-refractivity contribution >= 4 is 5.97 Å². The SMILES string of the molecule is Cc1ccc(COC(=O)c2nnn(-c3ccccc3)c2C)c(C)c1. The number of benzene rings is 2. The molecule has 0 N–H and O–H groups in total. The predicted molar refractivity (Wildman–Crippen MR) is 91.1 cm³/mol. The summed E-state index contributed by atoms with van der Waals surface area (Å²) in [4.78, 5) is 12.3. The van der Waals surface area contributed by atoms with Gasteiger partial charge in [0.1, 0.15) is 6.61 Å². The minimum atomic E-state index is -0.463. The number of carbonyl (C=O) groups is 1. The predicted octanol–water partition coefficient (Wildman–Crippen LogP) is 3.55. The van der Waals surface area contributed by atoms with Gasteiger partial charge in [-0.1, -0.05) is 47.2 Å². The molecule has 0 spiro atoms. The minimum Gasteiger partial charge on any atom is -0.456 e. The summed E-state index contributed by atoms with van der Waals surface area (Å²) in [6, 6.07) is 15.6. The Hall–Kier alpha value is -2.95. The van der Waals surface area contributed by atoms with Crippen LogP contribution in [-0.2, 0) is 11.3 Å². The highest BCUT2D eigenvalue weighted by Crippen LogP contribution is 2.15. The molecule has 0 amide bonds. The number of ether oxygens (including phenoxy) is 1. The van der Waals surface area contributed by atoms with Crippen molar-refractivity contribution in [2.24, 2.45) is 0 Å². The van der Waals surface area contributed by atoms with Crippen LogP contribution >= 0.6 is 0 Å². The standard InChI is InChI=1S/C19H19N3O2/c1-13-9-10-16(14(2)11-13)12-24-19(23)18-15(3)22(21-20-18)17-7-5-4-6-8-17/h4-11H,12H2,1-3H3. The highest BCUT2D eigenvalue weighted by Gasteiger charge is 2.19. The first-order chi connectivity index (χ1) is 11.6. The van der Waals surface area contributed by atoms with Gasteiger partial charge in [-0.2, -0.15) is 0 Å². The summed E-state index contributed by atoms with van der Waals surface area (Å²) in [5.41, 5.74) is 5.03. The van der Waals surface area contributed by atoms with Gasteiger partial charge in [0, 0.05) is 0 Å². The van der Waals surface area contributed by atoms with E-state index >= 15 is 0 Å². The summed E-state index contributed by atoms with van der Waals surface area (Å²) in [6.07, 6.45) is 0. The Morgan fingerprint density at radius 2 is 1.83 bits per heavy atom. The number of carbonyl (C=O) groups excluding carboxylic acids is 1. The van der Waals surface area contributed by atoms with E-state index in [0.29, 0.717) is 5.69 Å². The first kappa shape index (κ1) is 15.9. The van der Waals surface area contributed by atoms with E-state index in [0.717, 1.165) is 16.8 Å². The monoisotopic (exact) mass is 321 g/mol. The van der Waals surface area contributed by atoms with Crippen LogP contribution in [-0.4, -0.2) is 21.0 Å². The molecule has 5 nitrogen and oxygen atoms in total. The van der Waals surface area contributed by atoms with Crippen LogP contribution < -0.4 is 0 Å². The van der Waals surface area contributed by atoms with Crippen LogP contribution in [0.2, 0.25) is 0 Å². The highest BCUT2D eigenvalue weighted by molar-refractivity contribution is 5.88. The molecule has 0 unspecified atom stereocenters. The average Bonchev–Trinajstić information content (AvgIpc) is 2.96. The Morgan fingerprint density at radius 1 is 1.08 bits per heavy atom. The Bertz CT molecular complexity index is 870. The van der Waals surface area contributed by atoms with Crippen LogP contribution in [0.4, 0.5) is 0 Å². The lowest BCUT2D eigenvalue weighted by molar-refractivity contribution is 0.0464. The van der Waals surface area contributed by atoms with Crippen molar-refractivity contribution in [3.05, 3.63) is 76.6 Å². The summed E-state index contributed by atoms with van der Waals surface area (Å²) >= 11 is 0. The third-order valence-corrected chi connectivity index (χ3v) is 3.95. The zero-order valence-corrected chi connectivity index (χ0v) is 14.0. The smallest absolute Gasteiger partial charge is 0.361 e. The summed E-state index contributed by atoms with van der Waals surface area (Å²) in [5, 5.41) is 8.04. The molecular formula is C19H19N3O2. The van der Waals surface area contributed by atoms with Gasteiger partial charge < -0.3 is 4.74 Å². The van der Waals surface area contributed by atoms with Crippen LogP contribution in [0.15, 0.2) is 48.5 Å². The Balaban J connectivity index is 1.75. The van der Waals surface area contributed by atoms with Crippen molar-refractivity contribution in [2.75, 3.05) is 0 Å². The number of para-hydroxylation sites is 1. The van der Waals surface area contributed by atoms with Gasteiger partial charge in [0.25, 0.3) is 0 Å². The maximum atomic E-state index is 12.3. The van der Waals surface area contributed by atoms with Gasteiger partial charge in [-0.3, -0.25) is 0 Å². The molecular weight excluding hydrogens is 302 g/mol. The Labute approximate surface area is 140 Å². The molecule has 0 fully saturated rings. The molecule has 1 heterocycles. The highest BCUT2D eigenvalue weighted by atomic mass is 16.5. The number of rotatable bonds is 4. The van der Waals surface area contributed by atoms with Crippen LogP contribution in [0.3, 0.4) is 0 Å². The molecule has 3 rings (SSSR count). The number of hydrogen-bond donors (Lipinski definition) is 0. The van der Waals surface area contributed by atoms with E-state index in [2.05, 4.69) is 16.4 Å². The second kappa shape index (κ2) is 6.66. The van der Waals surface area contributed by atoms with E-state index in [1.807, 2.05) is 56.3 Å². The molecule has 0 saturated heterocycles.